The van der Waals surface area contributed by atoms with E-state index in [4.69, 9.17) is 37.5 Å². The molecule has 0 heterocycles. The summed E-state index contributed by atoms with van der Waals surface area (Å²) in [6, 6.07) is 40.6. The van der Waals surface area contributed by atoms with Crippen molar-refractivity contribution in [2.24, 2.45) is 11.5 Å². The third kappa shape index (κ3) is 46.1. The number of benzene rings is 7. The molecule has 0 fully saturated rings. The van der Waals surface area contributed by atoms with Crippen LogP contribution in [-0.2, 0) is 28.7 Å². The molecule has 0 saturated heterocycles. The number of unbranched alkanes of at least 4 members (excludes halogenated alkanes) is 4. The number of nitro benzene ring substituents is 5. The Hall–Kier alpha value is -11.2. The Morgan fingerprint density at radius 2 is 0.631 bits per heavy atom. The molecule has 0 aliphatic heterocycles. The van der Waals surface area contributed by atoms with Crippen molar-refractivity contribution in [3.8, 4) is 0 Å². The number of carbonyl (C=O) groups excluding carboxylic acids is 2. The van der Waals surface area contributed by atoms with E-state index in [-0.39, 0.29) is 125 Å². The minimum atomic E-state index is -0.998. The normalized spacial score (nSPS) is 10.7. The zero-order chi connectivity index (χ0) is 76.8. The number of nitrogens with zero attached hydrogens (tertiary/aromatic N) is 5. The first-order valence-corrected chi connectivity index (χ1v) is 33.1. The van der Waals surface area contributed by atoms with Gasteiger partial charge in [-0.25, -0.2) is 18.8 Å². The van der Waals surface area contributed by atoms with Gasteiger partial charge in [-0.15, -0.1) is 49.6 Å². The smallest absolute Gasteiger partial charge is 0.328 e. The standard InChI is InChI=1S/C20H24N4O6.C20H28N4O2.C18H20N4O6.C6H4FNO2.C6H14N2O2.3CH4.4ClH/c1-2-30-20(25)19(22-16-8-12-18(13-9-16)24(28)29)5-3-4-14-21-15-6-10-17(11-7-15)23(26)27;1-2-26-20(25)19(24-18-12-8-16(22)9-13-18)5-3-4-14-23-17-10-6-15(21)7-11-17;23-18(24)17(20-14-6-10-16(11-7-14)22(27)28)3-1-2-12-19-13-4-8-15(9-5-13)21(25)26;7-5-1-3-6(4-2-5)8(9)10;7-4-2-1-3-5(8)6(9)10;;;;;;;/h6-13,19,21-22H,2-5,14H2,1H3;6-13,19,23-24H,2-5,14,21-22H2,1H3;4-11,17,19-20H,1-3,12H2,(H,23,24);1-4H;5H,1-4,7-8H2,(H,9,10);3*1H4;4*1H. The van der Waals surface area contributed by atoms with Crippen LogP contribution >= 0.6 is 49.6 Å². The van der Waals surface area contributed by atoms with Crippen molar-refractivity contribution >= 4 is 147 Å². The van der Waals surface area contributed by atoms with Crippen molar-refractivity contribution in [1.29, 1.82) is 0 Å². The molecule has 616 valence electrons. The molecule has 0 amide bonds. The molecule has 0 aromatic heterocycles. The number of carbonyl (C=O) groups is 4. The van der Waals surface area contributed by atoms with Gasteiger partial charge >= 0.3 is 23.9 Å². The van der Waals surface area contributed by atoms with Gasteiger partial charge in [0.15, 0.2) is 0 Å². The summed E-state index contributed by atoms with van der Waals surface area (Å²) in [5.74, 6) is -3.00. The Kier molecular flexibility index (Phi) is 60.3. The molecule has 4 unspecified atom stereocenters. The van der Waals surface area contributed by atoms with E-state index >= 15 is 0 Å². The first-order valence-electron chi connectivity index (χ1n) is 33.1. The summed E-state index contributed by atoms with van der Waals surface area (Å²) in [5, 5.41) is 89.2. The third-order valence-electron chi connectivity index (χ3n) is 14.7. The van der Waals surface area contributed by atoms with Gasteiger partial charge in [0.2, 0.25) is 0 Å². The van der Waals surface area contributed by atoms with Crippen LogP contribution < -0.4 is 54.8 Å². The Bertz CT molecular complexity index is 3770. The number of nitrogens with one attached hydrogen (secondary N) is 6. The average molecular weight is 1640 g/mol. The Balaban J connectivity index is -0.000000437. The highest BCUT2D eigenvalue weighted by Crippen LogP contribution is 2.23. The SMILES string of the molecule is C.C.C.CCOC(=O)C(CCCCNc1ccc(N)cc1)Nc1ccc(N)cc1.CCOC(=O)C(CCCCNc1ccc([N+](=O)[O-])cc1)Nc1ccc([N+](=O)[O-])cc1.Cl.Cl.Cl.Cl.NCCCCC(N)C(=O)O.O=C(O)C(CCCCNc1ccc([N+](=O)[O-])cc1)Nc1ccc([N+](=O)[O-])cc1.O=[N+]([O-])c1ccc(F)cc1. The monoisotopic (exact) mass is 1640 g/mol. The van der Waals surface area contributed by atoms with E-state index in [9.17, 15) is 79.2 Å². The van der Waals surface area contributed by atoms with Crippen molar-refractivity contribution in [1.82, 2.24) is 0 Å². The average Bonchev–Trinajstić information content (AvgIpc) is 0.881. The van der Waals surface area contributed by atoms with Crippen LogP contribution in [0.2, 0.25) is 0 Å². The highest BCUT2D eigenvalue weighted by Gasteiger charge is 2.22. The van der Waals surface area contributed by atoms with Crippen LogP contribution in [0.4, 0.5) is 78.3 Å². The zero-order valence-electron chi connectivity index (χ0n) is 59.2. The molecule has 0 radical (unpaired) electrons. The molecule has 7 aromatic carbocycles. The second kappa shape index (κ2) is 61.7. The molecule has 0 bridgehead atoms. The molecule has 0 saturated carbocycles. The first kappa shape index (κ1) is 108. The maximum atomic E-state index is 12.2. The van der Waals surface area contributed by atoms with Gasteiger partial charge in [0.25, 0.3) is 28.4 Å². The molecule has 0 aliphatic rings. The quantitative estimate of drug-likeness (QED) is 0.00560. The van der Waals surface area contributed by atoms with Crippen molar-refractivity contribution in [2.75, 3.05) is 82.8 Å². The largest absolute Gasteiger partial charge is 0.480 e. The first-order chi connectivity index (χ1) is 49.7. The minimum Gasteiger partial charge on any atom is -0.480 e. The fourth-order valence-corrected chi connectivity index (χ4v) is 9.10. The van der Waals surface area contributed by atoms with Crippen LogP contribution in [0, 0.1) is 56.4 Å². The number of aliphatic carboxylic acids is 2. The Labute approximate surface area is 669 Å². The van der Waals surface area contributed by atoms with Crippen LogP contribution in [-0.4, -0.2) is 122 Å². The van der Waals surface area contributed by atoms with Gasteiger partial charge in [-0.05, 0) is 200 Å². The molecule has 4 atom stereocenters. The third-order valence-corrected chi connectivity index (χ3v) is 14.7. The van der Waals surface area contributed by atoms with Crippen molar-refractivity contribution in [2.45, 2.75) is 137 Å². The molecule has 7 aromatic rings. The van der Waals surface area contributed by atoms with Gasteiger partial charge in [-0.2, -0.15) is 0 Å². The fraction of sp³-hybridized carbons (Fsp3) is 0.370. The van der Waals surface area contributed by atoms with Crippen LogP contribution in [0.15, 0.2) is 170 Å². The lowest BCUT2D eigenvalue weighted by molar-refractivity contribution is -0.385. The summed E-state index contributed by atoms with van der Waals surface area (Å²) >= 11 is 0. The van der Waals surface area contributed by atoms with Gasteiger partial charge in [0.05, 0.1) is 37.8 Å². The van der Waals surface area contributed by atoms with E-state index in [1.165, 1.54) is 60.7 Å². The summed E-state index contributed by atoms with van der Waals surface area (Å²) in [4.78, 5) is 96.2. The van der Waals surface area contributed by atoms with Gasteiger partial charge in [-0.3, -0.25) is 55.4 Å². The maximum absolute atomic E-state index is 12.2. The highest BCUT2D eigenvalue weighted by atomic mass is 35.5. The molecular formula is C73H106Cl4FN15O18. The second-order valence-electron chi connectivity index (χ2n) is 22.6. The van der Waals surface area contributed by atoms with E-state index in [1.54, 1.807) is 55.5 Å². The summed E-state index contributed by atoms with van der Waals surface area (Å²) in [6.45, 7) is 6.86. The lowest BCUT2D eigenvalue weighted by atomic mass is 10.1. The fourth-order valence-electron chi connectivity index (χ4n) is 9.10. The maximum Gasteiger partial charge on any atom is 0.328 e. The molecule has 111 heavy (non-hydrogen) atoms. The number of esters is 2. The number of ether oxygens (including phenoxy) is 2. The Morgan fingerprint density at radius 3 is 0.892 bits per heavy atom. The number of hydrogen-bond donors (Lipinski definition) is 12. The molecule has 0 aliphatic carbocycles. The van der Waals surface area contributed by atoms with E-state index < -0.39 is 60.5 Å². The summed E-state index contributed by atoms with van der Waals surface area (Å²) in [7, 11) is 0. The molecule has 0 spiro atoms. The highest BCUT2D eigenvalue weighted by molar-refractivity contribution is 5.86. The van der Waals surface area contributed by atoms with Crippen LogP contribution in [0.25, 0.3) is 0 Å². The summed E-state index contributed by atoms with van der Waals surface area (Å²) in [5.41, 5.74) is 27.7. The number of nitro groups is 5. The van der Waals surface area contributed by atoms with E-state index in [1.807, 2.05) is 43.3 Å². The van der Waals surface area contributed by atoms with Gasteiger partial charge < -0.3 is 74.5 Å². The van der Waals surface area contributed by atoms with Crippen molar-refractivity contribution in [3.63, 3.8) is 0 Å². The summed E-state index contributed by atoms with van der Waals surface area (Å²) in [6.07, 6.45) is 8.46. The van der Waals surface area contributed by atoms with E-state index in [0.717, 1.165) is 97.8 Å². The number of nitrogens with two attached hydrogens (primary N) is 4. The Morgan fingerprint density at radius 1 is 0.387 bits per heavy atom. The molecule has 7 rings (SSSR count). The van der Waals surface area contributed by atoms with Crippen LogP contribution in [0.3, 0.4) is 0 Å². The van der Waals surface area contributed by atoms with Gasteiger partial charge in [0.1, 0.15) is 30.0 Å². The molecule has 16 N–H and O–H groups in total. The topological polar surface area (TPSA) is 519 Å². The number of rotatable bonds is 39. The number of nitrogen functional groups attached to an aromatic ring is 2. The predicted octanol–water partition coefficient (Wildman–Crippen LogP) is 16.1. The van der Waals surface area contributed by atoms with Crippen molar-refractivity contribution < 1.29 is 67.9 Å². The number of hydrogen-bond acceptors (Lipinski definition) is 26. The lowest BCUT2D eigenvalue weighted by Gasteiger charge is -2.18. The number of anilines is 8. The van der Waals surface area contributed by atoms with E-state index in [2.05, 4.69) is 31.9 Å². The van der Waals surface area contributed by atoms with Crippen LogP contribution in [0.5, 0.6) is 0 Å². The molecule has 38 heteroatoms. The van der Waals surface area contributed by atoms with Gasteiger partial charge in [0, 0.05) is 126 Å². The summed E-state index contributed by atoms with van der Waals surface area (Å²) < 4.78 is 22.4. The number of halogens is 5. The molecule has 33 nitrogen and oxygen atoms in total. The number of carboxylic acid groups (broad SMARTS) is 2. The lowest BCUT2D eigenvalue weighted by Crippen LogP contribution is -2.31. The minimum absolute atomic E-state index is 0. The van der Waals surface area contributed by atoms with Crippen LogP contribution in [0.1, 0.15) is 113 Å². The van der Waals surface area contributed by atoms with E-state index in [0.29, 0.717) is 81.8 Å². The van der Waals surface area contributed by atoms with Gasteiger partial charge in [-0.1, -0.05) is 28.7 Å². The molecular weight excluding hydrogens is 1540 g/mol. The second-order valence-corrected chi connectivity index (χ2v) is 22.6. The number of non-ortho nitro benzene ring substituents is 5. The zero-order valence-corrected chi connectivity index (χ0v) is 62.5. The van der Waals surface area contributed by atoms with Crippen molar-refractivity contribution in [3.05, 3.63) is 226 Å². The number of carboxylic acids is 2. The predicted molar refractivity (Wildman–Crippen MR) is 445 cm³/mol.